The summed E-state index contributed by atoms with van der Waals surface area (Å²) in [6, 6.07) is 4.92. The quantitative estimate of drug-likeness (QED) is 0.348. The Bertz CT molecular complexity index is 443. The van der Waals surface area contributed by atoms with Gasteiger partial charge in [0.05, 0.1) is 24.5 Å². The molecule has 21 heavy (non-hydrogen) atoms. The summed E-state index contributed by atoms with van der Waals surface area (Å²) in [4.78, 5) is 12.0. The van der Waals surface area contributed by atoms with Crippen molar-refractivity contribution in [2.45, 2.75) is 12.8 Å². The number of nitrogen functional groups attached to an aromatic ring is 1. The zero-order chi connectivity index (χ0) is 15.5. The Labute approximate surface area is 129 Å². The zero-order valence-corrected chi connectivity index (χ0v) is 12.9. The minimum absolute atomic E-state index is 0.203. The first kappa shape index (κ1) is 17.7. The van der Waals surface area contributed by atoms with Crippen LogP contribution in [0.15, 0.2) is 18.2 Å². The molecule has 0 fully saturated rings. The molecule has 0 bridgehead atoms. The summed E-state index contributed by atoms with van der Waals surface area (Å²) in [6.45, 7) is 2.42. The number of nitrogens with two attached hydrogens (primary N) is 1. The number of methoxy groups -OCH3 is 1. The fraction of sp³-hybridized carbons (Fsp3) is 0.500. The molecule has 6 nitrogen and oxygen atoms in total. The third kappa shape index (κ3) is 6.77. The number of hydrogen-bond donors (Lipinski definition) is 3. The first-order valence-corrected chi connectivity index (χ1v) is 7.18. The van der Waals surface area contributed by atoms with Crippen LogP contribution in [-0.4, -0.2) is 39.4 Å². The van der Waals surface area contributed by atoms with Gasteiger partial charge in [-0.3, -0.25) is 10.6 Å². The number of hydrazine groups is 1. The number of anilines is 1. The number of rotatable bonds is 10. The summed E-state index contributed by atoms with van der Waals surface area (Å²) >= 11 is 5.89. The van der Waals surface area contributed by atoms with Crippen LogP contribution < -0.4 is 16.6 Å². The lowest BCUT2D eigenvalue weighted by Gasteiger charge is -2.10. The van der Waals surface area contributed by atoms with Crippen molar-refractivity contribution >= 4 is 23.2 Å². The highest BCUT2D eigenvalue weighted by Crippen LogP contribution is 2.19. The van der Waals surface area contributed by atoms with E-state index in [2.05, 4.69) is 10.7 Å². The second-order valence-electron chi connectivity index (χ2n) is 4.40. The highest BCUT2D eigenvalue weighted by molar-refractivity contribution is 6.31. The van der Waals surface area contributed by atoms with Crippen LogP contribution in [0.25, 0.3) is 0 Å². The first-order valence-electron chi connectivity index (χ1n) is 6.80. The van der Waals surface area contributed by atoms with Crippen LogP contribution >= 0.6 is 11.6 Å². The van der Waals surface area contributed by atoms with Gasteiger partial charge in [-0.2, -0.15) is 0 Å². The molecule has 0 radical (unpaired) electrons. The molecule has 118 valence electrons. The monoisotopic (exact) mass is 315 g/mol. The molecule has 0 aliphatic carbocycles. The van der Waals surface area contributed by atoms with E-state index in [0.29, 0.717) is 42.6 Å². The van der Waals surface area contributed by atoms with Gasteiger partial charge in [-0.25, -0.2) is 0 Å². The van der Waals surface area contributed by atoms with Gasteiger partial charge in [0.1, 0.15) is 0 Å². The average Bonchev–Trinajstić information content (AvgIpc) is 2.49. The SMILES string of the molecule is COCCOCCCCNC(=O)c1cc(Cl)ccc1NN. The fourth-order valence-electron chi connectivity index (χ4n) is 1.70. The van der Waals surface area contributed by atoms with Crippen LogP contribution in [-0.2, 0) is 9.47 Å². The first-order chi connectivity index (χ1) is 10.2. The minimum Gasteiger partial charge on any atom is -0.382 e. The number of carbonyl (C=O) groups is 1. The Balaban J connectivity index is 2.26. The highest BCUT2D eigenvalue weighted by atomic mass is 35.5. The fourth-order valence-corrected chi connectivity index (χ4v) is 1.87. The van der Waals surface area contributed by atoms with Crippen LogP contribution in [0.1, 0.15) is 23.2 Å². The van der Waals surface area contributed by atoms with E-state index in [4.69, 9.17) is 26.9 Å². The number of hydrogen-bond acceptors (Lipinski definition) is 5. The molecule has 0 heterocycles. The van der Waals surface area contributed by atoms with E-state index in [9.17, 15) is 4.79 Å². The highest BCUT2D eigenvalue weighted by Gasteiger charge is 2.10. The summed E-state index contributed by atoms with van der Waals surface area (Å²) in [7, 11) is 1.64. The number of benzene rings is 1. The smallest absolute Gasteiger partial charge is 0.253 e. The number of carbonyl (C=O) groups excluding carboxylic acids is 1. The van der Waals surface area contributed by atoms with Gasteiger partial charge in [0, 0.05) is 25.3 Å². The lowest BCUT2D eigenvalue weighted by Crippen LogP contribution is -2.26. The van der Waals surface area contributed by atoms with Crippen molar-refractivity contribution < 1.29 is 14.3 Å². The van der Waals surface area contributed by atoms with Crippen LogP contribution in [0.4, 0.5) is 5.69 Å². The molecule has 0 spiro atoms. The van der Waals surface area contributed by atoms with Gasteiger partial charge < -0.3 is 20.2 Å². The molecular formula is C14H22ClN3O3. The lowest BCUT2D eigenvalue weighted by molar-refractivity contribution is 0.0686. The molecular weight excluding hydrogens is 294 g/mol. The Morgan fingerprint density at radius 3 is 2.81 bits per heavy atom. The predicted octanol–water partition coefficient (Wildman–Crippen LogP) is 1.80. The van der Waals surface area contributed by atoms with Crippen LogP contribution in [0.3, 0.4) is 0 Å². The molecule has 4 N–H and O–H groups in total. The predicted molar refractivity (Wildman–Crippen MR) is 83.5 cm³/mol. The van der Waals surface area contributed by atoms with Crippen LogP contribution in [0.2, 0.25) is 5.02 Å². The van der Waals surface area contributed by atoms with E-state index < -0.39 is 0 Å². The molecule has 0 aromatic heterocycles. The van der Waals surface area contributed by atoms with Crippen molar-refractivity contribution in [3.05, 3.63) is 28.8 Å². The normalized spacial score (nSPS) is 10.4. The summed E-state index contributed by atoms with van der Waals surface area (Å²) in [5.41, 5.74) is 3.46. The number of amides is 1. The molecule has 1 rings (SSSR count). The maximum atomic E-state index is 12.0. The Morgan fingerprint density at radius 2 is 2.10 bits per heavy atom. The molecule has 0 aliphatic rings. The molecule has 7 heteroatoms. The van der Waals surface area contributed by atoms with Gasteiger partial charge in [0.25, 0.3) is 5.91 Å². The van der Waals surface area contributed by atoms with Gasteiger partial charge in [0.15, 0.2) is 0 Å². The summed E-state index contributed by atoms with van der Waals surface area (Å²) in [5.74, 6) is 5.17. The molecule has 1 aromatic carbocycles. The molecule has 1 aromatic rings. The second-order valence-corrected chi connectivity index (χ2v) is 4.84. The second kappa shape index (κ2) is 10.4. The topological polar surface area (TPSA) is 85.6 Å². The maximum Gasteiger partial charge on any atom is 0.253 e. The average molecular weight is 316 g/mol. The van der Waals surface area contributed by atoms with Gasteiger partial charge >= 0.3 is 0 Å². The van der Waals surface area contributed by atoms with E-state index in [1.54, 1.807) is 25.3 Å². The standard InChI is InChI=1S/C14H22ClN3O3/c1-20-8-9-21-7-3-2-6-17-14(19)12-10-11(15)4-5-13(12)18-16/h4-5,10,18H,2-3,6-9,16H2,1H3,(H,17,19). The summed E-state index contributed by atoms with van der Waals surface area (Å²) in [5, 5.41) is 3.32. The Kier molecular flexibility index (Phi) is 8.77. The Hall–Kier alpha value is -1.34. The third-order valence-electron chi connectivity index (χ3n) is 2.81. The molecule has 0 aliphatic heterocycles. The number of nitrogens with one attached hydrogen (secondary N) is 2. The number of ether oxygens (including phenoxy) is 2. The number of unbranched alkanes of at least 4 members (excludes halogenated alkanes) is 1. The van der Waals surface area contributed by atoms with Crippen molar-refractivity contribution in [3.8, 4) is 0 Å². The third-order valence-corrected chi connectivity index (χ3v) is 3.05. The summed E-state index contributed by atoms with van der Waals surface area (Å²) < 4.78 is 10.2. The number of halogens is 1. The largest absolute Gasteiger partial charge is 0.382 e. The van der Waals surface area contributed by atoms with Crippen molar-refractivity contribution in [1.82, 2.24) is 5.32 Å². The van der Waals surface area contributed by atoms with Crippen LogP contribution in [0.5, 0.6) is 0 Å². The Morgan fingerprint density at radius 1 is 1.29 bits per heavy atom. The molecule has 0 atom stereocenters. The van der Waals surface area contributed by atoms with Crippen molar-refractivity contribution in [3.63, 3.8) is 0 Å². The lowest BCUT2D eigenvalue weighted by atomic mass is 10.1. The molecule has 0 unspecified atom stereocenters. The minimum atomic E-state index is -0.203. The van der Waals surface area contributed by atoms with Gasteiger partial charge in [-0.1, -0.05) is 11.6 Å². The van der Waals surface area contributed by atoms with E-state index >= 15 is 0 Å². The molecule has 0 saturated carbocycles. The van der Waals surface area contributed by atoms with Gasteiger partial charge in [-0.05, 0) is 31.0 Å². The molecule has 1 amide bonds. The zero-order valence-electron chi connectivity index (χ0n) is 12.2. The van der Waals surface area contributed by atoms with Crippen molar-refractivity contribution in [2.24, 2.45) is 5.84 Å². The van der Waals surface area contributed by atoms with E-state index in [-0.39, 0.29) is 5.91 Å². The van der Waals surface area contributed by atoms with Gasteiger partial charge in [0.2, 0.25) is 0 Å². The maximum absolute atomic E-state index is 12.0. The van der Waals surface area contributed by atoms with E-state index in [1.165, 1.54) is 0 Å². The van der Waals surface area contributed by atoms with E-state index in [0.717, 1.165) is 12.8 Å². The van der Waals surface area contributed by atoms with Crippen molar-refractivity contribution in [1.29, 1.82) is 0 Å². The van der Waals surface area contributed by atoms with E-state index in [1.807, 2.05) is 0 Å². The molecule has 0 saturated heterocycles. The summed E-state index contributed by atoms with van der Waals surface area (Å²) in [6.07, 6.45) is 1.71. The van der Waals surface area contributed by atoms with Crippen molar-refractivity contribution in [2.75, 3.05) is 38.9 Å². The van der Waals surface area contributed by atoms with Crippen LogP contribution in [0, 0.1) is 0 Å². The van der Waals surface area contributed by atoms with Gasteiger partial charge in [-0.15, -0.1) is 0 Å².